The Kier molecular flexibility index (Phi) is 7.45. The zero-order valence-corrected chi connectivity index (χ0v) is 17.7. The molecule has 31 heavy (non-hydrogen) atoms. The average molecular weight is 461 g/mol. The summed E-state index contributed by atoms with van der Waals surface area (Å²) in [4.78, 5) is 16.2. The monoisotopic (exact) mass is 460 g/mol. The number of nitrogens with one attached hydrogen (secondary N) is 1. The Hall–Kier alpha value is -3.14. The Morgan fingerprint density at radius 1 is 1.13 bits per heavy atom. The van der Waals surface area contributed by atoms with Gasteiger partial charge in [0.1, 0.15) is 5.82 Å². The summed E-state index contributed by atoms with van der Waals surface area (Å²) in [6, 6.07) is 14.7. The summed E-state index contributed by atoms with van der Waals surface area (Å²) in [5, 5.41) is 4.17. The second kappa shape index (κ2) is 10.3. The smallest absolute Gasteiger partial charge is 0.255 e. The molecule has 0 radical (unpaired) electrons. The molecule has 160 valence electrons. The number of carbonyl (C=O) groups is 1. The van der Waals surface area contributed by atoms with Crippen LogP contribution >= 0.6 is 11.6 Å². The SMILES string of the molecule is O=C(CN(Cc1ccccc1F)S(=O)(=O)c1ccc(Cl)cc1)N/N=C/c1cccnc1. The molecule has 0 bridgehead atoms. The predicted octanol–water partition coefficient (Wildman–Crippen LogP) is 3.22. The van der Waals surface area contributed by atoms with Gasteiger partial charge >= 0.3 is 0 Å². The van der Waals surface area contributed by atoms with E-state index in [1.807, 2.05) is 0 Å². The number of hydrogen-bond donors (Lipinski definition) is 1. The van der Waals surface area contributed by atoms with Gasteiger partial charge in [-0.25, -0.2) is 18.2 Å². The van der Waals surface area contributed by atoms with E-state index in [2.05, 4.69) is 15.5 Å². The van der Waals surface area contributed by atoms with Crippen LogP contribution in [-0.2, 0) is 21.4 Å². The Bertz CT molecular complexity index is 1170. The maximum atomic E-state index is 14.2. The van der Waals surface area contributed by atoms with E-state index in [0.29, 0.717) is 10.6 Å². The molecule has 2 aromatic carbocycles. The lowest BCUT2D eigenvalue weighted by Gasteiger charge is -2.21. The van der Waals surface area contributed by atoms with Crippen molar-refractivity contribution in [2.75, 3.05) is 6.54 Å². The number of sulfonamides is 1. The first-order chi connectivity index (χ1) is 14.9. The van der Waals surface area contributed by atoms with Crippen LogP contribution in [0.3, 0.4) is 0 Å². The van der Waals surface area contributed by atoms with Gasteiger partial charge in [0.15, 0.2) is 0 Å². The Balaban J connectivity index is 1.81. The van der Waals surface area contributed by atoms with Crippen LogP contribution in [0.2, 0.25) is 5.02 Å². The molecule has 1 N–H and O–H groups in total. The zero-order chi connectivity index (χ0) is 22.3. The van der Waals surface area contributed by atoms with Crippen molar-refractivity contribution >= 4 is 33.7 Å². The molecular weight excluding hydrogens is 443 g/mol. The first kappa shape index (κ1) is 22.5. The first-order valence-electron chi connectivity index (χ1n) is 9.07. The number of pyridine rings is 1. The van der Waals surface area contributed by atoms with Gasteiger partial charge in [0, 0.05) is 35.1 Å². The zero-order valence-electron chi connectivity index (χ0n) is 16.2. The normalized spacial score (nSPS) is 11.7. The number of amides is 1. The molecule has 0 aliphatic carbocycles. The van der Waals surface area contributed by atoms with Gasteiger partial charge in [-0.3, -0.25) is 9.78 Å². The number of hydrazone groups is 1. The highest BCUT2D eigenvalue weighted by Gasteiger charge is 2.27. The second-order valence-electron chi connectivity index (χ2n) is 6.40. The molecule has 1 heterocycles. The standard InChI is InChI=1S/C21H18ClFN4O3S/c22-18-7-9-19(10-8-18)31(29,30)27(14-17-5-1-2-6-20(17)23)15-21(28)26-25-13-16-4-3-11-24-12-16/h1-13H,14-15H2,(H,26,28)/b25-13+. The molecule has 0 saturated carbocycles. The third-order valence-electron chi connectivity index (χ3n) is 4.16. The molecule has 0 atom stereocenters. The van der Waals surface area contributed by atoms with E-state index in [0.717, 1.165) is 4.31 Å². The van der Waals surface area contributed by atoms with Crippen molar-refractivity contribution in [3.05, 3.63) is 95.0 Å². The van der Waals surface area contributed by atoms with E-state index >= 15 is 0 Å². The molecule has 0 saturated heterocycles. The van der Waals surface area contributed by atoms with Crippen molar-refractivity contribution in [2.45, 2.75) is 11.4 Å². The lowest BCUT2D eigenvalue weighted by molar-refractivity contribution is -0.121. The van der Waals surface area contributed by atoms with Crippen molar-refractivity contribution in [3.63, 3.8) is 0 Å². The molecule has 0 fully saturated rings. The summed E-state index contributed by atoms with van der Waals surface area (Å²) < 4.78 is 41.3. The van der Waals surface area contributed by atoms with Crippen molar-refractivity contribution in [1.29, 1.82) is 0 Å². The van der Waals surface area contributed by atoms with Gasteiger partial charge in [0.25, 0.3) is 5.91 Å². The lowest BCUT2D eigenvalue weighted by atomic mass is 10.2. The van der Waals surface area contributed by atoms with Crippen molar-refractivity contribution < 1.29 is 17.6 Å². The number of aromatic nitrogens is 1. The number of nitrogens with zero attached hydrogens (tertiary/aromatic N) is 3. The molecule has 7 nitrogen and oxygen atoms in total. The fourth-order valence-electron chi connectivity index (χ4n) is 2.62. The molecule has 1 amide bonds. The van der Waals surface area contributed by atoms with E-state index in [9.17, 15) is 17.6 Å². The van der Waals surface area contributed by atoms with Gasteiger partial charge in [0.2, 0.25) is 10.0 Å². The van der Waals surface area contributed by atoms with Crippen LogP contribution in [0.4, 0.5) is 4.39 Å². The van der Waals surface area contributed by atoms with Crippen LogP contribution in [0.5, 0.6) is 0 Å². The number of hydrogen-bond acceptors (Lipinski definition) is 5. The predicted molar refractivity (Wildman–Crippen MR) is 115 cm³/mol. The number of carbonyl (C=O) groups excluding carboxylic acids is 1. The summed E-state index contributed by atoms with van der Waals surface area (Å²) in [5.41, 5.74) is 3.06. The van der Waals surface area contributed by atoms with Gasteiger partial charge < -0.3 is 0 Å². The van der Waals surface area contributed by atoms with E-state index < -0.39 is 28.3 Å². The molecule has 0 spiro atoms. The molecule has 0 aliphatic heterocycles. The van der Waals surface area contributed by atoms with E-state index in [1.165, 1.54) is 48.7 Å². The van der Waals surface area contributed by atoms with Crippen LogP contribution < -0.4 is 5.43 Å². The topological polar surface area (TPSA) is 91.7 Å². The summed E-state index contributed by atoms with van der Waals surface area (Å²) >= 11 is 5.84. The highest BCUT2D eigenvalue weighted by Crippen LogP contribution is 2.21. The second-order valence-corrected chi connectivity index (χ2v) is 8.77. The van der Waals surface area contributed by atoms with Gasteiger partial charge in [-0.2, -0.15) is 9.41 Å². The Labute approximate surface area is 184 Å². The molecule has 0 aliphatic rings. The highest BCUT2D eigenvalue weighted by atomic mass is 35.5. The summed E-state index contributed by atoms with van der Waals surface area (Å²) in [5.74, 6) is -1.26. The van der Waals surface area contributed by atoms with Crippen molar-refractivity contribution in [3.8, 4) is 0 Å². The largest absolute Gasteiger partial charge is 0.272 e. The van der Waals surface area contributed by atoms with E-state index in [1.54, 1.807) is 30.6 Å². The van der Waals surface area contributed by atoms with E-state index in [4.69, 9.17) is 11.6 Å². The minimum atomic E-state index is -4.12. The summed E-state index contributed by atoms with van der Waals surface area (Å²) in [7, 11) is -4.12. The Morgan fingerprint density at radius 3 is 2.55 bits per heavy atom. The number of benzene rings is 2. The maximum Gasteiger partial charge on any atom is 0.255 e. The maximum absolute atomic E-state index is 14.2. The van der Waals surface area contributed by atoms with Crippen molar-refractivity contribution in [2.24, 2.45) is 5.10 Å². The van der Waals surface area contributed by atoms with Gasteiger partial charge in [-0.15, -0.1) is 0 Å². The lowest BCUT2D eigenvalue weighted by Crippen LogP contribution is -2.39. The molecule has 10 heteroatoms. The Morgan fingerprint density at radius 2 is 1.87 bits per heavy atom. The summed E-state index contributed by atoms with van der Waals surface area (Å²) in [6.07, 6.45) is 4.52. The number of rotatable bonds is 8. The van der Waals surface area contributed by atoms with Gasteiger partial charge in [-0.1, -0.05) is 35.9 Å². The fourth-order valence-corrected chi connectivity index (χ4v) is 4.13. The molecule has 3 rings (SSSR count). The highest BCUT2D eigenvalue weighted by molar-refractivity contribution is 7.89. The molecule has 0 unspecified atom stereocenters. The molecule has 1 aromatic heterocycles. The first-order valence-corrected chi connectivity index (χ1v) is 10.9. The fraction of sp³-hybridized carbons (Fsp3) is 0.0952. The van der Waals surface area contributed by atoms with E-state index in [-0.39, 0.29) is 17.0 Å². The van der Waals surface area contributed by atoms with Crippen LogP contribution in [-0.4, -0.2) is 36.4 Å². The third kappa shape index (κ3) is 6.17. The van der Waals surface area contributed by atoms with Crippen LogP contribution in [0.25, 0.3) is 0 Å². The quantitative estimate of drug-likeness (QED) is 0.412. The van der Waals surface area contributed by atoms with Crippen LogP contribution in [0.15, 0.2) is 83.1 Å². The van der Waals surface area contributed by atoms with Crippen LogP contribution in [0.1, 0.15) is 11.1 Å². The number of halogens is 2. The molecular formula is C21H18ClFN4O3S. The van der Waals surface area contributed by atoms with Gasteiger partial charge in [-0.05, 0) is 36.4 Å². The van der Waals surface area contributed by atoms with Crippen molar-refractivity contribution in [1.82, 2.24) is 14.7 Å². The minimum Gasteiger partial charge on any atom is -0.272 e. The summed E-state index contributed by atoms with van der Waals surface area (Å²) in [6.45, 7) is -0.902. The van der Waals surface area contributed by atoms with Gasteiger partial charge in [0.05, 0.1) is 17.7 Å². The average Bonchev–Trinajstić information content (AvgIpc) is 2.76. The minimum absolute atomic E-state index is 0.0695. The van der Waals surface area contributed by atoms with Crippen LogP contribution in [0, 0.1) is 5.82 Å². The third-order valence-corrected chi connectivity index (χ3v) is 6.22. The molecule has 3 aromatic rings.